The first-order valence-corrected chi connectivity index (χ1v) is 10.1. The molecule has 0 aromatic heterocycles. The Labute approximate surface area is 178 Å². The van der Waals surface area contributed by atoms with Gasteiger partial charge in [-0.1, -0.05) is 60.2 Å². The van der Waals surface area contributed by atoms with E-state index < -0.39 is 12.0 Å². The molecule has 6 heteroatoms. The van der Waals surface area contributed by atoms with Crippen LogP contribution in [0.5, 0.6) is 0 Å². The number of hydrogen-bond acceptors (Lipinski definition) is 4. The molecule has 3 rings (SSSR count). The van der Waals surface area contributed by atoms with Crippen molar-refractivity contribution in [3.63, 3.8) is 0 Å². The maximum atomic E-state index is 13.0. The molecule has 1 N–H and O–H groups in total. The number of benzene rings is 2. The molecule has 2 amide bonds. The number of nitrogens with zero attached hydrogens (tertiary/aromatic N) is 2. The van der Waals surface area contributed by atoms with Gasteiger partial charge < -0.3 is 10.1 Å². The number of carbonyl (C=O) groups excluding carboxylic acids is 2. The first-order valence-electron chi connectivity index (χ1n) is 10.1. The van der Waals surface area contributed by atoms with Crippen LogP contribution in [0.15, 0.2) is 65.9 Å². The van der Waals surface area contributed by atoms with E-state index in [1.165, 1.54) is 4.90 Å². The third-order valence-electron chi connectivity index (χ3n) is 5.16. The Morgan fingerprint density at radius 1 is 1.13 bits per heavy atom. The van der Waals surface area contributed by atoms with Gasteiger partial charge in [0.1, 0.15) is 0 Å². The van der Waals surface area contributed by atoms with Crippen molar-refractivity contribution < 1.29 is 14.3 Å². The fraction of sp³-hybridized carbons (Fsp3) is 0.333. The minimum Gasteiger partial charge on any atom is -0.463 e. The second-order valence-electron chi connectivity index (χ2n) is 7.59. The minimum atomic E-state index is -0.548. The summed E-state index contributed by atoms with van der Waals surface area (Å²) in [5.41, 5.74) is 4.22. The highest BCUT2D eigenvalue weighted by atomic mass is 16.5. The van der Waals surface area contributed by atoms with Crippen molar-refractivity contribution in [1.82, 2.24) is 15.1 Å². The van der Waals surface area contributed by atoms with Gasteiger partial charge in [0.25, 0.3) is 0 Å². The SMILES string of the molecule is CCOC(=O)C1=C(CN(C)Cc2ccccc2)N(C)C(=O)N[C@@H]1c1cccc(C)c1. The van der Waals surface area contributed by atoms with Crippen molar-refractivity contribution in [2.75, 3.05) is 27.2 Å². The van der Waals surface area contributed by atoms with Crippen LogP contribution < -0.4 is 5.32 Å². The van der Waals surface area contributed by atoms with Crippen LogP contribution in [0.25, 0.3) is 0 Å². The predicted octanol–water partition coefficient (Wildman–Crippen LogP) is 3.64. The van der Waals surface area contributed by atoms with E-state index in [4.69, 9.17) is 4.74 Å². The number of esters is 1. The van der Waals surface area contributed by atoms with Crippen LogP contribution in [-0.4, -0.2) is 49.0 Å². The summed E-state index contributed by atoms with van der Waals surface area (Å²) in [5, 5.41) is 2.96. The number of rotatable bonds is 7. The van der Waals surface area contributed by atoms with E-state index in [0.717, 1.165) is 16.7 Å². The average Bonchev–Trinajstić information content (AvgIpc) is 2.72. The lowest BCUT2D eigenvalue weighted by Gasteiger charge is -2.36. The zero-order chi connectivity index (χ0) is 21.7. The van der Waals surface area contributed by atoms with E-state index in [1.807, 2.05) is 56.4 Å². The Morgan fingerprint density at radius 2 is 1.87 bits per heavy atom. The second-order valence-corrected chi connectivity index (χ2v) is 7.59. The van der Waals surface area contributed by atoms with Crippen LogP contribution in [0.3, 0.4) is 0 Å². The van der Waals surface area contributed by atoms with Crippen molar-refractivity contribution in [2.24, 2.45) is 0 Å². The van der Waals surface area contributed by atoms with E-state index in [9.17, 15) is 9.59 Å². The van der Waals surface area contributed by atoms with Crippen LogP contribution in [0.2, 0.25) is 0 Å². The van der Waals surface area contributed by atoms with Crippen LogP contribution in [0, 0.1) is 6.92 Å². The van der Waals surface area contributed by atoms with Crippen LogP contribution in [-0.2, 0) is 16.1 Å². The Bertz CT molecular complexity index is 940. The Hall–Kier alpha value is -3.12. The zero-order valence-corrected chi connectivity index (χ0v) is 18.0. The summed E-state index contributed by atoms with van der Waals surface area (Å²) in [4.78, 5) is 29.3. The zero-order valence-electron chi connectivity index (χ0n) is 18.0. The number of hydrogen-bond donors (Lipinski definition) is 1. The smallest absolute Gasteiger partial charge is 0.338 e. The van der Waals surface area contributed by atoms with E-state index in [0.29, 0.717) is 24.4 Å². The quantitative estimate of drug-likeness (QED) is 0.712. The number of likely N-dealkylation sites (N-methyl/N-ethyl adjacent to an activating group) is 2. The van der Waals surface area contributed by atoms with Gasteiger partial charge in [-0.3, -0.25) is 9.80 Å². The van der Waals surface area contributed by atoms with Gasteiger partial charge in [-0.2, -0.15) is 0 Å². The van der Waals surface area contributed by atoms with Crippen molar-refractivity contribution in [3.8, 4) is 0 Å². The van der Waals surface area contributed by atoms with Gasteiger partial charge in [0.05, 0.1) is 18.2 Å². The molecule has 0 spiro atoms. The molecule has 0 unspecified atom stereocenters. The molecule has 0 bridgehead atoms. The molecule has 6 nitrogen and oxygen atoms in total. The second kappa shape index (κ2) is 9.59. The van der Waals surface area contributed by atoms with Gasteiger partial charge in [0, 0.05) is 25.8 Å². The van der Waals surface area contributed by atoms with Gasteiger partial charge in [-0.15, -0.1) is 0 Å². The highest BCUT2D eigenvalue weighted by Crippen LogP contribution is 2.31. The lowest BCUT2D eigenvalue weighted by Crippen LogP contribution is -2.49. The minimum absolute atomic E-state index is 0.238. The molecule has 0 aliphatic carbocycles. The van der Waals surface area contributed by atoms with Crippen molar-refractivity contribution in [3.05, 3.63) is 82.6 Å². The lowest BCUT2D eigenvalue weighted by atomic mass is 9.93. The molecule has 0 saturated heterocycles. The Kier molecular flexibility index (Phi) is 6.90. The maximum absolute atomic E-state index is 13.0. The number of nitrogens with one attached hydrogen (secondary N) is 1. The normalized spacial score (nSPS) is 16.6. The van der Waals surface area contributed by atoms with Crippen LogP contribution in [0.4, 0.5) is 4.79 Å². The van der Waals surface area contributed by atoms with E-state index in [2.05, 4.69) is 22.3 Å². The van der Waals surface area contributed by atoms with Crippen LogP contribution >= 0.6 is 0 Å². The van der Waals surface area contributed by atoms with Gasteiger partial charge in [0.2, 0.25) is 0 Å². The summed E-state index contributed by atoms with van der Waals surface area (Å²) in [7, 11) is 3.66. The molecule has 0 fully saturated rings. The molecule has 30 heavy (non-hydrogen) atoms. The molecular formula is C24H29N3O3. The molecular weight excluding hydrogens is 378 g/mol. The number of ether oxygens (including phenoxy) is 1. The van der Waals surface area contributed by atoms with Gasteiger partial charge in [-0.25, -0.2) is 9.59 Å². The predicted molar refractivity (Wildman–Crippen MR) is 117 cm³/mol. The molecule has 1 heterocycles. The average molecular weight is 408 g/mol. The van der Waals surface area contributed by atoms with Crippen molar-refractivity contribution in [2.45, 2.75) is 26.4 Å². The fourth-order valence-electron chi connectivity index (χ4n) is 3.70. The summed E-state index contributed by atoms with van der Waals surface area (Å²) >= 11 is 0. The van der Waals surface area contributed by atoms with Crippen molar-refractivity contribution in [1.29, 1.82) is 0 Å². The summed E-state index contributed by atoms with van der Waals surface area (Å²) < 4.78 is 5.38. The number of aryl methyl sites for hydroxylation is 1. The van der Waals surface area contributed by atoms with E-state index in [1.54, 1.807) is 14.0 Å². The van der Waals surface area contributed by atoms with E-state index >= 15 is 0 Å². The van der Waals surface area contributed by atoms with Gasteiger partial charge >= 0.3 is 12.0 Å². The first-order chi connectivity index (χ1) is 14.4. The highest BCUT2D eigenvalue weighted by molar-refractivity contribution is 5.95. The molecule has 2 aromatic rings. The number of carbonyl (C=O) groups is 2. The number of urea groups is 1. The number of amides is 2. The molecule has 1 aliphatic heterocycles. The molecule has 2 aromatic carbocycles. The van der Waals surface area contributed by atoms with Gasteiger partial charge in [-0.05, 0) is 32.0 Å². The molecule has 1 aliphatic rings. The summed E-state index contributed by atoms with van der Waals surface area (Å²) in [6, 6.07) is 17.1. The third-order valence-corrected chi connectivity index (χ3v) is 5.16. The molecule has 0 radical (unpaired) electrons. The monoisotopic (exact) mass is 407 g/mol. The summed E-state index contributed by atoms with van der Waals surface area (Å²) in [6.45, 7) is 5.18. The standard InChI is InChI=1S/C24H29N3O3/c1-5-30-23(28)21-20(16-26(3)15-18-11-7-6-8-12-18)27(4)24(29)25-22(21)19-13-9-10-17(2)14-19/h6-14,22H,5,15-16H2,1-4H3,(H,25,29)/t22-/m1/s1. The molecule has 158 valence electrons. The molecule has 1 atom stereocenters. The summed E-state index contributed by atoms with van der Waals surface area (Å²) in [6.07, 6.45) is 0. The topological polar surface area (TPSA) is 61.9 Å². The Balaban J connectivity index is 2.00. The third kappa shape index (κ3) is 4.89. The molecule has 0 saturated carbocycles. The highest BCUT2D eigenvalue weighted by Gasteiger charge is 2.37. The Morgan fingerprint density at radius 3 is 2.53 bits per heavy atom. The van der Waals surface area contributed by atoms with Gasteiger partial charge in [0.15, 0.2) is 0 Å². The summed E-state index contributed by atoms with van der Waals surface area (Å²) in [5.74, 6) is -0.404. The fourth-order valence-corrected chi connectivity index (χ4v) is 3.70. The largest absolute Gasteiger partial charge is 0.463 e. The van der Waals surface area contributed by atoms with Crippen LogP contribution in [0.1, 0.15) is 29.7 Å². The first kappa shape index (κ1) is 21.6. The van der Waals surface area contributed by atoms with E-state index in [-0.39, 0.29) is 12.6 Å². The lowest BCUT2D eigenvalue weighted by molar-refractivity contribution is -0.139. The maximum Gasteiger partial charge on any atom is 0.338 e. The van der Waals surface area contributed by atoms with Crippen molar-refractivity contribution >= 4 is 12.0 Å².